The summed E-state index contributed by atoms with van der Waals surface area (Å²) in [5.74, 6) is 0.501. The van der Waals surface area contributed by atoms with E-state index in [1.165, 1.54) is 0 Å². The number of aryl methyl sites for hydroxylation is 1. The zero-order valence-electron chi connectivity index (χ0n) is 21.7. The van der Waals surface area contributed by atoms with Crippen molar-refractivity contribution in [3.63, 3.8) is 0 Å². The van der Waals surface area contributed by atoms with Crippen LogP contribution in [-0.4, -0.2) is 24.5 Å². The van der Waals surface area contributed by atoms with Crippen molar-refractivity contribution in [2.45, 2.75) is 40.5 Å². The first-order valence-corrected chi connectivity index (χ1v) is 12.1. The second kappa shape index (κ2) is 17.7. The third-order valence-electron chi connectivity index (χ3n) is 4.85. The number of hydrogen-bond acceptors (Lipinski definition) is 3. The van der Waals surface area contributed by atoms with Gasteiger partial charge in [0.1, 0.15) is 5.71 Å². The molecule has 0 saturated heterocycles. The predicted octanol–water partition coefficient (Wildman–Crippen LogP) is 7.23. The van der Waals surface area contributed by atoms with Gasteiger partial charge in [-0.25, -0.2) is 4.99 Å². The van der Waals surface area contributed by atoms with Crippen LogP contribution in [0.2, 0.25) is 0 Å². The third kappa shape index (κ3) is 11.8. The van der Waals surface area contributed by atoms with Crippen molar-refractivity contribution in [1.82, 2.24) is 5.32 Å². The number of rotatable bonds is 10. The number of hydrogen-bond donors (Lipinski definition) is 1. The first-order valence-electron chi connectivity index (χ1n) is 12.1. The largest absolute Gasteiger partial charge is 0.309 e. The Morgan fingerprint density at radius 3 is 2.23 bits per heavy atom. The molecule has 0 aromatic heterocycles. The highest BCUT2D eigenvalue weighted by molar-refractivity contribution is 6.48. The summed E-state index contributed by atoms with van der Waals surface area (Å²) in [6.07, 6.45) is 13.0. The fraction of sp³-hybridized carbons (Fsp3) is 0.258. The van der Waals surface area contributed by atoms with Crippen LogP contribution in [0.25, 0.3) is 5.70 Å². The molecule has 4 nitrogen and oxygen atoms in total. The van der Waals surface area contributed by atoms with Gasteiger partial charge < -0.3 is 5.32 Å². The minimum atomic E-state index is -0.105. The number of nitrogens with one attached hydrogen (secondary N) is 1. The first-order chi connectivity index (χ1) is 17.0. The van der Waals surface area contributed by atoms with Gasteiger partial charge in [-0.1, -0.05) is 118 Å². The molecular formula is C31H39N3O. The van der Waals surface area contributed by atoms with Gasteiger partial charge in [-0.3, -0.25) is 9.79 Å². The molecule has 1 N–H and O–H groups in total. The van der Waals surface area contributed by atoms with E-state index >= 15 is 0 Å². The van der Waals surface area contributed by atoms with Gasteiger partial charge in [-0.15, -0.1) is 0 Å². The van der Waals surface area contributed by atoms with E-state index in [2.05, 4.69) is 29.9 Å². The summed E-state index contributed by atoms with van der Waals surface area (Å²) in [4.78, 5) is 21.7. The SMILES string of the molecule is C=C(N=C(/C=C/C(C)/C=C\C=C/C)C(=NC)NC(=O)CCc1ccccc1)c1ccccc1.CC. The summed E-state index contributed by atoms with van der Waals surface area (Å²) in [6, 6.07) is 19.7. The zero-order chi connectivity index (χ0) is 25.9. The lowest BCUT2D eigenvalue weighted by Crippen LogP contribution is -2.36. The van der Waals surface area contributed by atoms with Gasteiger partial charge in [-0.05, 0) is 36.5 Å². The van der Waals surface area contributed by atoms with Crippen LogP contribution in [0.1, 0.15) is 45.2 Å². The molecule has 0 heterocycles. The number of nitrogens with zero attached hydrogens (tertiary/aromatic N) is 2. The van der Waals surface area contributed by atoms with Gasteiger partial charge in [0.05, 0.1) is 5.70 Å². The van der Waals surface area contributed by atoms with Gasteiger partial charge in [0.15, 0.2) is 5.84 Å². The molecule has 2 aromatic carbocycles. The summed E-state index contributed by atoms with van der Waals surface area (Å²) in [5.41, 5.74) is 3.20. The molecule has 0 aliphatic heterocycles. The summed E-state index contributed by atoms with van der Waals surface area (Å²) in [6.45, 7) is 12.2. The van der Waals surface area contributed by atoms with E-state index < -0.39 is 0 Å². The average molecular weight is 470 g/mol. The lowest BCUT2D eigenvalue weighted by Gasteiger charge is -2.11. The number of carbonyl (C=O) groups excluding carboxylic acids is 1. The van der Waals surface area contributed by atoms with Crippen molar-refractivity contribution in [1.29, 1.82) is 0 Å². The molecule has 2 aromatic rings. The third-order valence-corrected chi connectivity index (χ3v) is 4.85. The summed E-state index contributed by atoms with van der Waals surface area (Å²) in [5, 5.41) is 2.93. The Hall–Kier alpha value is -3.79. The van der Waals surface area contributed by atoms with Crippen LogP contribution in [0.5, 0.6) is 0 Å². The summed E-state index contributed by atoms with van der Waals surface area (Å²) < 4.78 is 0. The molecule has 0 saturated carbocycles. The van der Waals surface area contributed by atoms with Crippen LogP contribution in [0.3, 0.4) is 0 Å². The molecule has 35 heavy (non-hydrogen) atoms. The lowest BCUT2D eigenvalue weighted by molar-refractivity contribution is -0.119. The standard InChI is InChI=1S/C29H33N3O.C2H6/c1-5-6-9-14-23(2)19-21-27(31-24(3)26-17-12-8-13-18-26)29(30-4)32-28(33)22-20-25-15-10-7-11-16-25;1-2/h5-19,21,23H,3,20,22H2,1-2,4H3,(H,30,32,33);1-2H3/b6-5-,14-9-,21-19+,31-27?;. The number of carbonyl (C=O) groups is 1. The Kier molecular flexibility index (Phi) is 14.8. The predicted molar refractivity (Wildman–Crippen MR) is 153 cm³/mol. The molecule has 184 valence electrons. The molecule has 0 bridgehead atoms. The van der Waals surface area contributed by atoms with Crippen molar-refractivity contribution >= 4 is 23.2 Å². The smallest absolute Gasteiger partial charge is 0.225 e. The Balaban J connectivity index is 0.00000298. The van der Waals surface area contributed by atoms with E-state index in [1.807, 2.05) is 112 Å². The van der Waals surface area contributed by atoms with E-state index in [1.54, 1.807) is 7.05 Å². The number of allylic oxidation sites excluding steroid dienone is 5. The molecule has 2 rings (SSSR count). The van der Waals surface area contributed by atoms with E-state index in [0.717, 1.165) is 11.1 Å². The van der Waals surface area contributed by atoms with E-state index in [4.69, 9.17) is 4.99 Å². The Morgan fingerprint density at radius 2 is 1.63 bits per heavy atom. The van der Waals surface area contributed by atoms with Crippen molar-refractivity contribution in [3.05, 3.63) is 115 Å². The van der Waals surface area contributed by atoms with Crippen LogP contribution in [0.15, 0.2) is 114 Å². The molecule has 0 fully saturated rings. The van der Waals surface area contributed by atoms with Gasteiger partial charge in [-0.2, -0.15) is 0 Å². The number of aliphatic imine (C=N–C) groups is 2. The molecule has 0 spiro atoms. The van der Waals surface area contributed by atoms with Gasteiger partial charge in [0.2, 0.25) is 5.91 Å². The molecule has 4 heteroatoms. The van der Waals surface area contributed by atoms with Crippen molar-refractivity contribution in [3.8, 4) is 0 Å². The monoisotopic (exact) mass is 469 g/mol. The highest BCUT2D eigenvalue weighted by Crippen LogP contribution is 2.14. The number of benzene rings is 2. The molecule has 0 radical (unpaired) electrons. The molecule has 1 unspecified atom stereocenters. The van der Waals surface area contributed by atoms with Gasteiger partial charge in [0.25, 0.3) is 0 Å². The van der Waals surface area contributed by atoms with Crippen molar-refractivity contribution < 1.29 is 4.79 Å². The van der Waals surface area contributed by atoms with E-state index in [-0.39, 0.29) is 11.8 Å². The maximum absolute atomic E-state index is 12.6. The minimum absolute atomic E-state index is 0.105. The first kappa shape index (κ1) is 29.2. The minimum Gasteiger partial charge on any atom is -0.309 e. The van der Waals surface area contributed by atoms with E-state index in [9.17, 15) is 4.79 Å². The topological polar surface area (TPSA) is 53.8 Å². The highest BCUT2D eigenvalue weighted by Gasteiger charge is 2.12. The van der Waals surface area contributed by atoms with Crippen LogP contribution >= 0.6 is 0 Å². The summed E-state index contributed by atoms with van der Waals surface area (Å²) >= 11 is 0. The zero-order valence-corrected chi connectivity index (χ0v) is 21.7. The summed E-state index contributed by atoms with van der Waals surface area (Å²) in [7, 11) is 1.65. The van der Waals surface area contributed by atoms with Crippen LogP contribution in [0, 0.1) is 5.92 Å². The molecule has 0 aliphatic rings. The average Bonchev–Trinajstić information content (AvgIpc) is 2.91. The van der Waals surface area contributed by atoms with Gasteiger partial charge in [0, 0.05) is 13.5 Å². The quantitative estimate of drug-likeness (QED) is 0.223. The highest BCUT2D eigenvalue weighted by atomic mass is 16.1. The Bertz CT molecular complexity index is 1050. The van der Waals surface area contributed by atoms with Crippen molar-refractivity contribution in [2.75, 3.05) is 7.05 Å². The van der Waals surface area contributed by atoms with Crippen LogP contribution < -0.4 is 5.32 Å². The molecule has 1 amide bonds. The number of amidine groups is 1. The van der Waals surface area contributed by atoms with Gasteiger partial charge >= 0.3 is 0 Å². The Labute approximate surface area is 211 Å². The fourth-order valence-corrected chi connectivity index (χ4v) is 3.00. The molecule has 0 aliphatic carbocycles. The van der Waals surface area contributed by atoms with Crippen molar-refractivity contribution in [2.24, 2.45) is 15.9 Å². The maximum Gasteiger partial charge on any atom is 0.225 e. The fourth-order valence-electron chi connectivity index (χ4n) is 3.00. The van der Waals surface area contributed by atoms with E-state index in [0.29, 0.717) is 30.1 Å². The second-order valence-corrected chi connectivity index (χ2v) is 7.54. The molecular weight excluding hydrogens is 430 g/mol. The number of amides is 1. The van der Waals surface area contributed by atoms with Crippen LogP contribution in [-0.2, 0) is 11.2 Å². The Morgan fingerprint density at radius 1 is 1.00 bits per heavy atom. The molecule has 1 atom stereocenters. The normalized spacial score (nSPS) is 13.1. The maximum atomic E-state index is 12.6. The lowest BCUT2D eigenvalue weighted by atomic mass is 10.1. The van der Waals surface area contributed by atoms with Crippen LogP contribution in [0.4, 0.5) is 0 Å². The second-order valence-electron chi connectivity index (χ2n) is 7.54.